The van der Waals surface area contributed by atoms with E-state index in [1.807, 2.05) is 0 Å². The number of benzene rings is 2. The molecule has 42 heavy (non-hydrogen) atoms. The number of imidazole rings is 1. The Balaban J connectivity index is 1.30. The fourth-order valence-electron chi connectivity index (χ4n) is 4.34. The van der Waals surface area contributed by atoms with Crippen LogP contribution >= 0.6 is 0 Å². The van der Waals surface area contributed by atoms with Crippen LogP contribution < -0.4 is 5.32 Å². The second-order valence-corrected chi connectivity index (χ2v) is 9.37. The predicted octanol–water partition coefficient (Wildman–Crippen LogP) is 3.49. The highest BCUT2D eigenvalue weighted by molar-refractivity contribution is 5.82. The molecule has 0 amide bonds. The number of fused-ring (bicyclic) bond motifs is 1. The summed E-state index contributed by atoms with van der Waals surface area (Å²) >= 11 is 0. The van der Waals surface area contributed by atoms with E-state index < -0.39 is 60.2 Å². The number of nitrogens with zero attached hydrogens (tertiary/aromatic N) is 4. The third kappa shape index (κ3) is 6.02. The molecule has 1 aliphatic heterocycles. The molecule has 9 nitrogen and oxygen atoms in total. The molecule has 4 aromatic rings. The summed E-state index contributed by atoms with van der Waals surface area (Å²) in [7, 11) is 0. The summed E-state index contributed by atoms with van der Waals surface area (Å²) in [5.74, 6) is 5.30. The number of rotatable bonds is 5. The van der Waals surface area contributed by atoms with Gasteiger partial charge in [-0.3, -0.25) is 4.57 Å². The Morgan fingerprint density at radius 3 is 2.10 bits per heavy atom. The molecule has 15 heteroatoms. The number of alkyl halides is 6. The highest BCUT2D eigenvalue weighted by atomic mass is 19.4. The van der Waals surface area contributed by atoms with Gasteiger partial charge in [0, 0.05) is 17.7 Å². The van der Waals surface area contributed by atoms with Gasteiger partial charge in [-0.15, -0.1) is 0 Å². The van der Waals surface area contributed by atoms with Gasteiger partial charge >= 0.3 is 12.4 Å². The molecule has 0 aliphatic carbocycles. The van der Waals surface area contributed by atoms with E-state index in [0.29, 0.717) is 34.7 Å². The molecule has 2 aromatic heterocycles. The Morgan fingerprint density at radius 1 is 0.857 bits per heavy atom. The van der Waals surface area contributed by atoms with E-state index in [1.54, 1.807) is 24.3 Å². The summed E-state index contributed by atoms with van der Waals surface area (Å²) in [6.45, 7) is -0.235. The standard InChI is InChI=1S/C27H21F6N5O4/c28-26(29,30)17-7-16(8-18(9-17)27(31,32)33)6-3-14-1-4-15(5-2-14)10-34-23-20-24(36-12-35-23)38(13-37-20)25-22(41)21(40)19(11-39)42-25/h1-2,4-5,7-9,12-13,19,21-22,25,39-41H,10-11H2,(H,34,35,36)/t19-,21-,22-,25-/m1/s1. The molecule has 0 spiro atoms. The van der Waals surface area contributed by atoms with E-state index in [-0.39, 0.29) is 12.6 Å². The second kappa shape index (κ2) is 11.2. The van der Waals surface area contributed by atoms with Crippen molar-refractivity contribution < 1.29 is 46.4 Å². The summed E-state index contributed by atoms with van der Waals surface area (Å²) in [5, 5.41) is 32.8. The van der Waals surface area contributed by atoms with Gasteiger partial charge in [0.2, 0.25) is 0 Å². The molecule has 0 saturated carbocycles. The van der Waals surface area contributed by atoms with E-state index in [1.165, 1.54) is 17.2 Å². The van der Waals surface area contributed by atoms with Crippen LogP contribution in [0.15, 0.2) is 55.1 Å². The summed E-state index contributed by atoms with van der Waals surface area (Å²) < 4.78 is 85.5. The van der Waals surface area contributed by atoms with Crippen LogP contribution in [0.3, 0.4) is 0 Å². The summed E-state index contributed by atoms with van der Waals surface area (Å²) in [4.78, 5) is 12.6. The lowest BCUT2D eigenvalue weighted by molar-refractivity contribution is -0.143. The molecular formula is C27H21F6N5O4. The monoisotopic (exact) mass is 593 g/mol. The van der Waals surface area contributed by atoms with Crippen molar-refractivity contribution in [1.29, 1.82) is 0 Å². The normalized spacial score (nSPS) is 20.9. The molecule has 220 valence electrons. The Hall–Kier alpha value is -4.23. The molecule has 1 saturated heterocycles. The lowest BCUT2D eigenvalue weighted by atomic mass is 10.0. The molecular weight excluding hydrogens is 572 g/mol. The van der Waals surface area contributed by atoms with E-state index >= 15 is 0 Å². The van der Waals surface area contributed by atoms with Gasteiger partial charge in [-0.2, -0.15) is 26.3 Å². The highest BCUT2D eigenvalue weighted by Crippen LogP contribution is 2.36. The van der Waals surface area contributed by atoms with Crippen LogP contribution in [0.1, 0.15) is 34.0 Å². The van der Waals surface area contributed by atoms with Crippen molar-refractivity contribution in [2.24, 2.45) is 0 Å². The van der Waals surface area contributed by atoms with E-state index in [2.05, 4.69) is 32.1 Å². The van der Waals surface area contributed by atoms with Crippen LogP contribution in [-0.4, -0.2) is 59.8 Å². The van der Waals surface area contributed by atoms with E-state index in [0.717, 1.165) is 5.56 Å². The van der Waals surface area contributed by atoms with Gasteiger partial charge in [0.25, 0.3) is 0 Å². The number of aliphatic hydroxyl groups is 3. The van der Waals surface area contributed by atoms with Crippen LogP contribution in [0.5, 0.6) is 0 Å². The lowest BCUT2D eigenvalue weighted by Crippen LogP contribution is -2.33. The number of halogens is 6. The average molecular weight is 593 g/mol. The first kappa shape index (κ1) is 29.3. The maximum atomic E-state index is 13.1. The molecule has 1 aliphatic rings. The third-order valence-electron chi connectivity index (χ3n) is 6.50. The molecule has 5 rings (SSSR count). The van der Waals surface area contributed by atoms with Crippen molar-refractivity contribution in [1.82, 2.24) is 19.5 Å². The third-order valence-corrected chi connectivity index (χ3v) is 6.50. The number of hydrogen-bond acceptors (Lipinski definition) is 8. The van der Waals surface area contributed by atoms with Crippen molar-refractivity contribution in [3.05, 3.63) is 82.9 Å². The molecule has 0 radical (unpaired) electrons. The number of hydrogen-bond donors (Lipinski definition) is 4. The molecule has 2 aromatic carbocycles. The largest absolute Gasteiger partial charge is 0.416 e. The van der Waals surface area contributed by atoms with Gasteiger partial charge in [-0.25, -0.2) is 15.0 Å². The smallest absolute Gasteiger partial charge is 0.394 e. The maximum Gasteiger partial charge on any atom is 0.416 e. The minimum atomic E-state index is -4.96. The van der Waals surface area contributed by atoms with Crippen LogP contribution in [-0.2, 0) is 23.6 Å². The Kier molecular flexibility index (Phi) is 7.82. The molecule has 3 heterocycles. The predicted molar refractivity (Wildman–Crippen MR) is 135 cm³/mol. The number of aromatic nitrogens is 4. The quantitative estimate of drug-likeness (QED) is 0.205. The molecule has 0 bridgehead atoms. The van der Waals surface area contributed by atoms with Gasteiger partial charge in [0.1, 0.15) is 24.6 Å². The van der Waals surface area contributed by atoms with Crippen LogP contribution in [0.25, 0.3) is 11.2 Å². The zero-order valence-electron chi connectivity index (χ0n) is 21.2. The van der Waals surface area contributed by atoms with Gasteiger partial charge in [0.05, 0.1) is 24.1 Å². The minimum Gasteiger partial charge on any atom is -0.394 e. The van der Waals surface area contributed by atoms with Crippen molar-refractivity contribution >= 4 is 17.0 Å². The van der Waals surface area contributed by atoms with Gasteiger partial charge in [-0.05, 0) is 35.9 Å². The first-order valence-corrected chi connectivity index (χ1v) is 12.3. The fourth-order valence-corrected chi connectivity index (χ4v) is 4.34. The Labute approximate surface area is 233 Å². The average Bonchev–Trinajstić information content (AvgIpc) is 3.50. The number of ether oxygens (including phenoxy) is 1. The van der Waals surface area contributed by atoms with E-state index in [4.69, 9.17) is 4.74 Å². The number of anilines is 1. The first-order chi connectivity index (χ1) is 19.8. The topological polar surface area (TPSA) is 126 Å². The maximum absolute atomic E-state index is 13.1. The van der Waals surface area contributed by atoms with Crippen LogP contribution in [0, 0.1) is 11.8 Å². The summed E-state index contributed by atoms with van der Waals surface area (Å²) in [6, 6.07) is 7.64. The number of nitrogens with one attached hydrogen (secondary N) is 1. The molecule has 4 atom stereocenters. The first-order valence-electron chi connectivity index (χ1n) is 12.3. The minimum absolute atomic E-state index is 0.0473. The Bertz CT molecular complexity index is 1610. The van der Waals surface area contributed by atoms with Crippen molar-refractivity contribution in [2.75, 3.05) is 11.9 Å². The number of aliphatic hydroxyl groups excluding tert-OH is 3. The van der Waals surface area contributed by atoms with Crippen LogP contribution in [0.4, 0.5) is 32.2 Å². The van der Waals surface area contributed by atoms with Gasteiger partial charge in [0.15, 0.2) is 23.2 Å². The Morgan fingerprint density at radius 2 is 1.50 bits per heavy atom. The zero-order valence-corrected chi connectivity index (χ0v) is 21.2. The van der Waals surface area contributed by atoms with Crippen LogP contribution in [0.2, 0.25) is 0 Å². The second-order valence-electron chi connectivity index (χ2n) is 9.37. The lowest BCUT2D eigenvalue weighted by Gasteiger charge is -2.16. The van der Waals surface area contributed by atoms with Crippen molar-refractivity contribution in [2.45, 2.75) is 43.4 Å². The summed E-state index contributed by atoms with van der Waals surface area (Å²) in [5.41, 5.74) is -1.54. The van der Waals surface area contributed by atoms with Gasteiger partial charge in [-0.1, -0.05) is 24.0 Å². The molecule has 4 N–H and O–H groups in total. The molecule has 0 unspecified atom stereocenters. The van der Waals surface area contributed by atoms with Crippen molar-refractivity contribution in [3.63, 3.8) is 0 Å². The zero-order chi connectivity index (χ0) is 30.2. The SMILES string of the molecule is OC[C@H]1O[C@@H](n2cnc3c(NCc4ccc(C#Cc5cc(C(F)(F)F)cc(C(F)(F)F)c5)cc4)ncnc32)[C@H](O)[C@@H]1O. The van der Waals surface area contributed by atoms with Crippen molar-refractivity contribution in [3.8, 4) is 11.8 Å². The summed E-state index contributed by atoms with van der Waals surface area (Å²) in [6.07, 6.45) is -11.9. The highest BCUT2D eigenvalue weighted by Gasteiger charge is 2.44. The fraction of sp³-hybridized carbons (Fsp3) is 0.296. The van der Waals surface area contributed by atoms with E-state index in [9.17, 15) is 41.7 Å². The van der Waals surface area contributed by atoms with Gasteiger partial charge < -0.3 is 25.4 Å². The molecule has 1 fully saturated rings.